The van der Waals surface area contributed by atoms with Crippen molar-refractivity contribution in [3.05, 3.63) is 35.8 Å². The van der Waals surface area contributed by atoms with Crippen molar-refractivity contribution in [3.8, 4) is 0 Å². The summed E-state index contributed by atoms with van der Waals surface area (Å²) < 4.78 is 18.5. The van der Waals surface area contributed by atoms with Crippen LogP contribution in [-0.4, -0.2) is 4.83 Å². The van der Waals surface area contributed by atoms with Gasteiger partial charge < -0.3 is 4.42 Å². The zero-order valence-corrected chi connectivity index (χ0v) is 10.1. The highest BCUT2D eigenvalue weighted by Crippen LogP contribution is 2.22. The summed E-state index contributed by atoms with van der Waals surface area (Å²) in [5.41, 5.74) is 0.758. The van der Waals surface area contributed by atoms with E-state index in [2.05, 4.69) is 22.9 Å². The van der Waals surface area contributed by atoms with Crippen LogP contribution >= 0.6 is 15.9 Å². The SMILES string of the molecule is CC(Br)CCc1cc2cc(F)ccc2o1. The van der Waals surface area contributed by atoms with Crippen molar-refractivity contribution in [3.63, 3.8) is 0 Å². The van der Waals surface area contributed by atoms with E-state index in [1.165, 1.54) is 12.1 Å². The van der Waals surface area contributed by atoms with Gasteiger partial charge in [0.1, 0.15) is 17.2 Å². The molecule has 0 fully saturated rings. The van der Waals surface area contributed by atoms with Crippen molar-refractivity contribution < 1.29 is 8.81 Å². The van der Waals surface area contributed by atoms with Gasteiger partial charge in [-0.2, -0.15) is 0 Å². The van der Waals surface area contributed by atoms with Gasteiger partial charge in [0.25, 0.3) is 0 Å². The number of benzene rings is 1. The molecule has 0 aliphatic carbocycles. The number of aryl methyl sites for hydroxylation is 1. The Hall–Kier alpha value is -0.830. The molecule has 0 aliphatic rings. The first-order valence-corrected chi connectivity index (χ1v) is 5.89. The molecule has 1 unspecified atom stereocenters. The van der Waals surface area contributed by atoms with Gasteiger partial charge in [-0.05, 0) is 30.7 Å². The molecule has 1 nitrogen and oxygen atoms in total. The lowest BCUT2D eigenvalue weighted by molar-refractivity contribution is 0.538. The van der Waals surface area contributed by atoms with Crippen LogP contribution in [0.5, 0.6) is 0 Å². The fraction of sp³-hybridized carbons (Fsp3) is 0.333. The first kappa shape index (κ1) is 10.7. The van der Waals surface area contributed by atoms with E-state index in [9.17, 15) is 4.39 Å². The lowest BCUT2D eigenvalue weighted by Gasteiger charge is -1.98. The molecule has 0 bridgehead atoms. The fourth-order valence-electron chi connectivity index (χ4n) is 1.53. The quantitative estimate of drug-likeness (QED) is 0.759. The standard InChI is InChI=1S/C12H12BrFO/c1-8(13)2-4-11-7-9-6-10(14)3-5-12(9)15-11/h3,5-8H,2,4H2,1H3. The summed E-state index contributed by atoms with van der Waals surface area (Å²) in [6.07, 6.45) is 1.89. The van der Waals surface area contributed by atoms with Crippen LogP contribution in [0.3, 0.4) is 0 Å². The van der Waals surface area contributed by atoms with E-state index < -0.39 is 0 Å². The van der Waals surface area contributed by atoms with Gasteiger partial charge in [0.15, 0.2) is 0 Å². The minimum Gasteiger partial charge on any atom is -0.461 e. The second-order valence-corrected chi connectivity index (χ2v) is 5.28. The summed E-state index contributed by atoms with van der Waals surface area (Å²) in [4.78, 5) is 0.474. The van der Waals surface area contributed by atoms with Gasteiger partial charge in [0.05, 0.1) is 0 Å². The Kier molecular flexibility index (Phi) is 3.10. The highest BCUT2D eigenvalue weighted by Gasteiger charge is 2.05. The summed E-state index contributed by atoms with van der Waals surface area (Å²) in [5, 5.41) is 0.840. The van der Waals surface area contributed by atoms with Gasteiger partial charge in [-0.25, -0.2) is 4.39 Å². The van der Waals surface area contributed by atoms with Crippen molar-refractivity contribution in [2.45, 2.75) is 24.6 Å². The summed E-state index contributed by atoms with van der Waals surface area (Å²) in [7, 11) is 0. The smallest absolute Gasteiger partial charge is 0.134 e. The molecule has 15 heavy (non-hydrogen) atoms. The maximum atomic E-state index is 12.9. The minimum absolute atomic E-state index is 0.219. The molecule has 1 aromatic carbocycles. The summed E-state index contributed by atoms with van der Waals surface area (Å²) in [5.74, 6) is 0.700. The van der Waals surface area contributed by atoms with Crippen molar-refractivity contribution in [2.24, 2.45) is 0 Å². The molecule has 0 N–H and O–H groups in total. The van der Waals surface area contributed by atoms with Crippen molar-refractivity contribution in [2.75, 3.05) is 0 Å². The van der Waals surface area contributed by atoms with E-state index in [1.54, 1.807) is 6.07 Å². The Morgan fingerprint density at radius 1 is 1.40 bits per heavy atom. The van der Waals surface area contributed by atoms with Crippen LogP contribution in [0.2, 0.25) is 0 Å². The number of hydrogen-bond acceptors (Lipinski definition) is 1. The van der Waals surface area contributed by atoms with E-state index in [0.29, 0.717) is 4.83 Å². The lowest BCUT2D eigenvalue weighted by atomic mass is 10.2. The van der Waals surface area contributed by atoms with Crippen LogP contribution in [0, 0.1) is 5.82 Å². The second-order valence-electron chi connectivity index (χ2n) is 3.71. The number of hydrogen-bond donors (Lipinski definition) is 0. The molecule has 0 radical (unpaired) electrons. The average molecular weight is 271 g/mol. The molecule has 1 atom stereocenters. The zero-order valence-electron chi connectivity index (χ0n) is 8.47. The Labute approximate surface area is 96.4 Å². The maximum absolute atomic E-state index is 12.9. The Morgan fingerprint density at radius 3 is 2.93 bits per heavy atom. The lowest BCUT2D eigenvalue weighted by Crippen LogP contribution is -1.92. The molecule has 0 aliphatic heterocycles. The predicted molar refractivity (Wildman–Crippen MR) is 62.9 cm³/mol. The highest BCUT2D eigenvalue weighted by atomic mass is 79.9. The molecule has 80 valence electrons. The van der Waals surface area contributed by atoms with Crippen LogP contribution in [0.15, 0.2) is 28.7 Å². The van der Waals surface area contributed by atoms with E-state index in [1.807, 2.05) is 6.07 Å². The van der Waals surface area contributed by atoms with Crippen molar-refractivity contribution >= 4 is 26.9 Å². The predicted octanol–water partition coefficient (Wildman–Crippen LogP) is 4.29. The van der Waals surface area contributed by atoms with Gasteiger partial charge in [0, 0.05) is 16.6 Å². The molecule has 3 heteroatoms. The summed E-state index contributed by atoms with van der Waals surface area (Å²) >= 11 is 3.49. The number of rotatable bonds is 3. The molecule has 0 saturated heterocycles. The van der Waals surface area contributed by atoms with Crippen molar-refractivity contribution in [1.29, 1.82) is 0 Å². The molecule has 0 spiro atoms. The fourth-order valence-corrected chi connectivity index (χ4v) is 1.76. The van der Waals surface area contributed by atoms with E-state index in [-0.39, 0.29) is 5.82 Å². The normalized spacial score (nSPS) is 13.3. The van der Waals surface area contributed by atoms with E-state index >= 15 is 0 Å². The molecule has 0 amide bonds. The van der Waals surface area contributed by atoms with Gasteiger partial charge >= 0.3 is 0 Å². The van der Waals surface area contributed by atoms with E-state index in [0.717, 1.165) is 29.6 Å². The molecule has 0 saturated carbocycles. The largest absolute Gasteiger partial charge is 0.461 e. The molecular formula is C12H12BrFO. The van der Waals surface area contributed by atoms with Gasteiger partial charge in [-0.3, -0.25) is 0 Å². The molecule has 2 aromatic rings. The number of alkyl halides is 1. The van der Waals surface area contributed by atoms with Crippen molar-refractivity contribution in [1.82, 2.24) is 0 Å². The van der Waals surface area contributed by atoms with Gasteiger partial charge in [-0.1, -0.05) is 22.9 Å². The molecule has 2 rings (SSSR count). The first-order chi connectivity index (χ1) is 7.15. The first-order valence-electron chi connectivity index (χ1n) is 4.97. The highest BCUT2D eigenvalue weighted by molar-refractivity contribution is 9.09. The van der Waals surface area contributed by atoms with Gasteiger partial charge in [0.2, 0.25) is 0 Å². The minimum atomic E-state index is -0.219. The number of fused-ring (bicyclic) bond motifs is 1. The van der Waals surface area contributed by atoms with Crippen LogP contribution < -0.4 is 0 Å². The molecule has 1 aromatic heterocycles. The van der Waals surface area contributed by atoms with E-state index in [4.69, 9.17) is 4.42 Å². The number of furan rings is 1. The molecular weight excluding hydrogens is 259 g/mol. The third-order valence-electron chi connectivity index (χ3n) is 2.32. The van der Waals surface area contributed by atoms with Crippen LogP contribution in [-0.2, 0) is 6.42 Å². The molecule has 1 heterocycles. The Bertz CT molecular complexity index is 462. The summed E-state index contributed by atoms with van der Waals surface area (Å²) in [6, 6.07) is 6.50. The van der Waals surface area contributed by atoms with Gasteiger partial charge in [-0.15, -0.1) is 0 Å². The Morgan fingerprint density at radius 2 is 2.20 bits per heavy atom. The Balaban J connectivity index is 2.23. The van der Waals surface area contributed by atoms with Crippen LogP contribution in [0.4, 0.5) is 4.39 Å². The van der Waals surface area contributed by atoms with Crippen LogP contribution in [0.1, 0.15) is 19.1 Å². The third-order valence-corrected chi connectivity index (χ3v) is 2.78. The maximum Gasteiger partial charge on any atom is 0.134 e. The number of halogens is 2. The monoisotopic (exact) mass is 270 g/mol. The zero-order chi connectivity index (χ0) is 10.8. The van der Waals surface area contributed by atoms with Crippen LogP contribution in [0.25, 0.3) is 11.0 Å². The summed E-state index contributed by atoms with van der Waals surface area (Å²) in [6.45, 7) is 2.10. The topological polar surface area (TPSA) is 13.1 Å². The second kappa shape index (κ2) is 4.35. The third kappa shape index (κ3) is 2.59. The average Bonchev–Trinajstić information content (AvgIpc) is 2.56.